The molecule has 0 aromatic heterocycles. The summed E-state index contributed by atoms with van der Waals surface area (Å²) < 4.78 is 4.91. The Kier molecular flexibility index (Phi) is 5.74. The van der Waals surface area contributed by atoms with Gasteiger partial charge in [0.1, 0.15) is 18.4 Å². The van der Waals surface area contributed by atoms with Crippen LogP contribution >= 0.6 is 0 Å². The summed E-state index contributed by atoms with van der Waals surface area (Å²) in [5.41, 5.74) is 0.0149. The van der Waals surface area contributed by atoms with Gasteiger partial charge in [-0.15, -0.1) is 0 Å². The van der Waals surface area contributed by atoms with Crippen LogP contribution in [0.15, 0.2) is 11.8 Å². The highest BCUT2D eigenvalue weighted by Gasteiger charge is 1.89. The Morgan fingerprint density at radius 1 is 1.45 bits per heavy atom. The summed E-state index contributed by atoms with van der Waals surface area (Å²) in [6, 6.07) is 3.41. The molecule has 0 spiro atoms. The lowest BCUT2D eigenvalue weighted by Gasteiger charge is -1.95. The average molecular weight is 150 g/mol. The Balaban J connectivity index is 3.58. The van der Waals surface area contributed by atoms with Crippen molar-refractivity contribution in [3.8, 4) is 12.1 Å². The Labute approximate surface area is 66.5 Å². The average Bonchev–Trinajstić information content (AvgIpc) is 2.05. The molecule has 0 amide bonds. The van der Waals surface area contributed by atoms with E-state index in [9.17, 15) is 0 Å². The highest BCUT2D eigenvalue weighted by Crippen LogP contribution is 1.93. The molecule has 0 bridgehead atoms. The fraction of sp³-hybridized carbons (Fsp3) is 0.500. The first-order valence-electron chi connectivity index (χ1n) is 3.47. The van der Waals surface area contributed by atoms with Crippen LogP contribution in [0.4, 0.5) is 0 Å². The molecule has 11 heavy (non-hydrogen) atoms. The van der Waals surface area contributed by atoms with Gasteiger partial charge in [0.25, 0.3) is 0 Å². The van der Waals surface area contributed by atoms with Crippen LogP contribution < -0.4 is 0 Å². The minimum atomic E-state index is 0.0149. The third kappa shape index (κ3) is 4.99. The molecule has 0 unspecified atom stereocenters. The number of allylic oxidation sites excluding steroid dienone is 1. The van der Waals surface area contributed by atoms with Crippen molar-refractivity contribution in [1.29, 1.82) is 10.5 Å². The van der Waals surface area contributed by atoms with E-state index in [0.29, 0.717) is 6.61 Å². The van der Waals surface area contributed by atoms with Crippen LogP contribution in [-0.4, -0.2) is 6.61 Å². The van der Waals surface area contributed by atoms with Gasteiger partial charge in [-0.05, 0) is 6.42 Å². The summed E-state index contributed by atoms with van der Waals surface area (Å²) in [5, 5.41) is 16.5. The molecule has 0 aromatic carbocycles. The molecule has 0 fully saturated rings. The maximum absolute atomic E-state index is 8.26. The minimum Gasteiger partial charge on any atom is -0.499 e. The largest absolute Gasteiger partial charge is 0.499 e. The Morgan fingerprint density at radius 3 is 2.55 bits per heavy atom. The SMILES string of the molecule is CCCCOC=C(C#N)C#N. The molecule has 0 N–H and O–H groups in total. The van der Waals surface area contributed by atoms with E-state index in [1.54, 1.807) is 12.1 Å². The lowest BCUT2D eigenvalue weighted by molar-refractivity contribution is 0.242. The summed E-state index contributed by atoms with van der Waals surface area (Å²) in [6.07, 6.45) is 3.19. The molecule has 0 atom stereocenters. The molecule has 0 radical (unpaired) electrons. The topological polar surface area (TPSA) is 56.8 Å². The Bertz CT molecular complexity index is 191. The van der Waals surface area contributed by atoms with Crippen molar-refractivity contribution < 1.29 is 4.74 Å². The maximum Gasteiger partial charge on any atom is 0.163 e. The monoisotopic (exact) mass is 150 g/mol. The predicted octanol–water partition coefficient (Wildman–Crippen LogP) is 1.73. The van der Waals surface area contributed by atoms with Crippen molar-refractivity contribution in [3.05, 3.63) is 11.8 Å². The first-order chi connectivity index (χ1) is 5.35. The van der Waals surface area contributed by atoms with E-state index in [1.165, 1.54) is 6.26 Å². The minimum absolute atomic E-state index is 0.0149. The van der Waals surface area contributed by atoms with Crippen LogP contribution in [0.25, 0.3) is 0 Å². The number of unbranched alkanes of at least 4 members (excludes halogenated alkanes) is 1. The molecule has 58 valence electrons. The molecule has 3 heteroatoms. The fourth-order valence-electron chi connectivity index (χ4n) is 0.448. The molecular weight excluding hydrogens is 140 g/mol. The molecule has 0 aromatic rings. The van der Waals surface area contributed by atoms with Crippen LogP contribution in [-0.2, 0) is 4.74 Å². The predicted molar refractivity (Wildman–Crippen MR) is 40.2 cm³/mol. The number of nitriles is 2. The van der Waals surface area contributed by atoms with E-state index in [0.717, 1.165) is 12.8 Å². The van der Waals surface area contributed by atoms with Crippen LogP contribution in [0.1, 0.15) is 19.8 Å². The quantitative estimate of drug-likeness (QED) is 0.348. The normalized spacial score (nSPS) is 7.55. The second kappa shape index (κ2) is 6.64. The van der Waals surface area contributed by atoms with Gasteiger partial charge < -0.3 is 4.74 Å². The molecular formula is C8H10N2O. The van der Waals surface area contributed by atoms with Crippen LogP contribution in [0, 0.1) is 22.7 Å². The van der Waals surface area contributed by atoms with E-state index in [2.05, 4.69) is 0 Å². The van der Waals surface area contributed by atoms with Crippen molar-refractivity contribution in [2.45, 2.75) is 19.8 Å². The van der Waals surface area contributed by atoms with Gasteiger partial charge >= 0.3 is 0 Å². The van der Waals surface area contributed by atoms with Crippen LogP contribution in [0.5, 0.6) is 0 Å². The molecule has 0 aliphatic heterocycles. The number of ether oxygens (including phenoxy) is 1. The second-order valence-electron chi connectivity index (χ2n) is 1.98. The highest BCUT2D eigenvalue weighted by atomic mass is 16.5. The zero-order valence-corrected chi connectivity index (χ0v) is 6.50. The molecule has 0 rings (SSSR count). The van der Waals surface area contributed by atoms with Crippen LogP contribution in [0.3, 0.4) is 0 Å². The lowest BCUT2D eigenvalue weighted by atomic mass is 10.3. The summed E-state index contributed by atoms with van der Waals surface area (Å²) in [4.78, 5) is 0. The first kappa shape index (κ1) is 9.52. The standard InChI is InChI=1S/C8H10N2O/c1-2-3-4-11-7-8(5-9)6-10/h7H,2-4H2,1H3. The van der Waals surface area contributed by atoms with E-state index in [1.807, 2.05) is 6.92 Å². The van der Waals surface area contributed by atoms with E-state index < -0.39 is 0 Å². The number of hydrogen-bond acceptors (Lipinski definition) is 3. The Morgan fingerprint density at radius 2 is 2.09 bits per heavy atom. The third-order valence-corrected chi connectivity index (χ3v) is 1.06. The zero-order valence-electron chi connectivity index (χ0n) is 6.50. The van der Waals surface area contributed by atoms with Gasteiger partial charge in [-0.25, -0.2) is 0 Å². The van der Waals surface area contributed by atoms with Gasteiger partial charge in [0.2, 0.25) is 0 Å². The van der Waals surface area contributed by atoms with Gasteiger partial charge in [-0.1, -0.05) is 13.3 Å². The van der Waals surface area contributed by atoms with Crippen molar-refractivity contribution in [2.24, 2.45) is 0 Å². The lowest BCUT2D eigenvalue weighted by Crippen LogP contribution is -1.86. The molecule has 0 aliphatic carbocycles. The molecule has 0 saturated carbocycles. The number of nitrogens with zero attached hydrogens (tertiary/aromatic N) is 2. The van der Waals surface area contributed by atoms with E-state index >= 15 is 0 Å². The van der Waals surface area contributed by atoms with Crippen molar-refractivity contribution >= 4 is 0 Å². The van der Waals surface area contributed by atoms with Gasteiger partial charge in [0.15, 0.2) is 5.57 Å². The number of rotatable bonds is 4. The summed E-state index contributed by atoms with van der Waals surface area (Å²) in [7, 11) is 0. The second-order valence-corrected chi connectivity index (χ2v) is 1.98. The van der Waals surface area contributed by atoms with E-state index in [-0.39, 0.29) is 5.57 Å². The molecule has 0 saturated heterocycles. The van der Waals surface area contributed by atoms with Gasteiger partial charge in [-0.3, -0.25) is 0 Å². The van der Waals surface area contributed by atoms with Gasteiger partial charge in [0, 0.05) is 0 Å². The summed E-state index contributed by atoms with van der Waals surface area (Å²) in [5.74, 6) is 0. The molecule has 3 nitrogen and oxygen atoms in total. The summed E-state index contributed by atoms with van der Waals surface area (Å²) >= 11 is 0. The zero-order chi connectivity index (χ0) is 8.53. The fourth-order valence-corrected chi connectivity index (χ4v) is 0.448. The van der Waals surface area contributed by atoms with Crippen molar-refractivity contribution in [1.82, 2.24) is 0 Å². The third-order valence-electron chi connectivity index (χ3n) is 1.06. The van der Waals surface area contributed by atoms with Crippen molar-refractivity contribution in [3.63, 3.8) is 0 Å². The smallest absolute Gasteiger partial charge is 0.163 e. The van der Waals surface area contributed by atoms with Crippen molar-refractivity contribution in [2.75, 3.05) is 6.61 Å². The Hall–Kier alpha value is -1.48. The first-order valence-corrected chi connectivity index (χ1v) is 3.47. The number of hydrogen-bond donors (Lipinski definition) is 0. The van der Waals surface area contributed by atoms with Crippen LogP contribution in [0.2, 0.25) is 0 Å². The molecule has 0 heterocycles. The summed E-state index contributed by atoms with van der Waals surface area (Å²) in [6.45, 7) is 2.62. The van der Waals surface area contributed by atoms with Gasteiger partial charge in [0.05, 0.1) is 6.61 Å². The molecule has 0 aliphatic rings. The highest BCUT2D eigenvalue weighted by molar-refractivity contribution is 5.33. The van der Waals surface area contributed by atoms with E-state index in [4.69, 9.17) is 15.3 Å². The maximum atomic E-state index is 8.26. The van der Waals surface area contributed by atoms with Gasteiger partial charge in [-0.2, -0.15) is 10.5 Å².